The van der Waals surface area contributed by atoms with E-state index < -0.39 is 12.2 Å². The molecule has 0 bridgehead atoms. The maximum absolute atomic E-state index is 12.0. The van der Waals surface area contributed by atoms with Gasteiger partial charge in [-0.1, -0.05) is 25.2 Å². The Morgan fingerprint density at radius 3 is 2.92 bits per heavy atom. The van der Waals surface area contributed by atoms with Crippen molar-refractivity contribution in [1.82, 2.24) is 0 Å². The summed E-state index contributed by atoms with van der Waals surface area (Å²) >= 11 is 0. The lowest BCUT2D eigenvalue weighted by molar-refractivity contribution is -0.146. The van der Waals surface area contributed by atoms with Crippen molar-refractivity contribution in [2.24, 2.45) is 11.8 Å². The lowest BCUT2D eigenvalue weighted by Crippen LogP contribution is -2.37. The van der Waals surface area contributed by atoms with E-state index in [-0.39, 0.29) is 29.5 Å². The second kappa shape index (κ2) is 6.64. The molecule has 134 valence electrons. The van der Waals surface area contributed by atoms with Crippen molar-refractivity contribution in [2.45, 2.75) is 83.2 Å². The third kappa shape index (κ3) is 3.45. The van der Waals surface area contributed by atoms with Gasteiger partial charge in [-0.25, -0.2) is 4.79 Å². The number of fused-ring (bicyclic) bond motifs is 2. The van der Waals surface area contributed by atoms with Gasteiger partial charge in [-0.05, 0) is 58.3 Å². The van der Waals surface area contributed by atoms with E-state index in [2.05, 4.69) is 26.5 Å². The lowest BCUT2D eigenvalue weighted by Gasteiger charge is -2.27. The maximum atomic E-state index is 12.0. The van der Waals surface area contributed by atoms with Crippen LogP contribution in [0.15, 0.2) is 23.8 Å². The molecule has 0 unspecified atom stereocenters. The summed E-state index contributed by atoms with van der Waals surface area (Å²) in [6.07, 6.45) is 7.07. The Hall–Kier alpha value is -1.13. The minimum Gasteiger partial charge on any atom is -0.456 e. The van der Waals surface area contributed by atoms with Crippen molar-refractivity contribution >= 4 is 5.97 Å². The Kier molecular flexibility index (Phi) is 4.89. The number of ether oxygens (including phenoxy) is 2. The number of allylic oxidation sites excluding steroid dienone is 2. The van der Waals surface area contributed by atoms with E-state index in [4.69, 9.17) is 9.47 Å². The largest absolute Gasteiger partial charge is 0.456 e. The van der Waals surface area contributed by atoms with Crippen LogP contribution in [0.5, 0.6) is 0 Å². The maximum Gasteiger partial charge on any atom is 0.334 e. The van der Waals surface area contributed by atoms with Gasteiger partial charge in [-0.3, -0.25) is 0 Å². The van der Waals surface area contributed by atoms with Crippen molar-refractivity contribution in [3.63, 3.8) is 0 Å². The van der Waals surface area contributed by atoms with E-state index >= 15 is 0 Å². The van der Waals surface area contributed by atoms with Crippen LogP contribution in [-0.4, -0.2) is 35.0 Å². The molecule has 1 aliphatic carbocycles. The third-order valence-corrected chi connectivity index (χ3v) is 6.14. The molecule has 3 rings (SSSR count). The zero-order chi connectivity index (χ0) is 17.5. The van der Waals surface area contributed by atoms with Gasteiger partial charge in [0.05, 0.1) is 17.8 Å². The number of hydrogen-bond donors (Lipinski definition) is 1. The average Bonchev–Trinajstić information content (AvgIpc) is 3.08. The monoisotopic (exact) mass is 334 g/mol. The van der Waals surface area contributed by atoms with Crippen molar-refractivity contribution in [1.29, 1.82) is 0 Å². The zero-order valence-corrected chi connectivity index (χ0v) is 15.1. The average molecular weight is 334 g/mol. The summed E-state index contributed by atoms with van der Waals surface area (Å²) in [5, 5.41) is 10.7. The molecule has 24 heavy (non-hydrogen) atoms. The van der Waals surface area contributed by atoms with Crippen LogP contribution in [0.4, 0.5) is 0 Å². The molecular formula is C20H30O4. The van der Waals surface area contributed by atoms with Gasteiger partial charge in [-0.15, -0.1) is 0 Å². The van der Waals surface area contributed by atoms with E-state index in [1.54, 1.807) is 0 Å². The van der Waals surface area contributed by atoms with E-state index in [0.717, 1.165) is 32.1 Å². The Bertz CT molecular complexity index is 552. The first kappa shape index (κ1) is 17.7. The Morgan fingerprint density at radius 1 is 1.42 bits per heavy atom. The molecule has 0 saturated carbocycles. The summed E-state index contributed by atoms with van der Waals surface area (Å²) in [6.45, 7) is 10.3. The number of carbonyl (C=O) groups is 1. The van der Waals surface area contributed by atoms with Crippen molar-refractivity contribution in [2.75, 3.05) is 0 Å². The van der Waals surface area contributed by atoms with Crippen LogP contribution in [0, 0.1) is 11.8 Å². The molecule has 0 aromatic carbocycles. The highest BCUT2D eigenvalue weighted by Gasteiger charge is 2.55. The predicted molar refractivity (Wildman–Crippen MR) is 92.4 cm³/mol. The molecule has 1 N–H and O–H groups in total. The van der Waals surface area contributed by atoms with E-state index in [1.165, 1.54) is 5.57 Å². The molecule has 0 amide bonds. The number of epoxide rings is 1. The molecule has 0 aromatic heterocycles. The highest BCUT2D eigenvalue weighted by atomic mass is 16.6. The first-order chi connectivity index (χ1) is 11.3. The van der Waals surface area contributed by atoms with Crippen LogP contribution in [0.1, 0.15) is 59.3 Å². The smallest absolute Gasteiger partial charge is 0.334 e. The zero-order valence-electron chi connectivity index (χ0n) is 15.1. The number of esters is 1. The van der Waals surface area contributed by atoms with Gasteiger partial charge in [-0.2, -0.15) is 0 Å². The minimum atomic E-state index is -0.643. The summed E-state index contributed by atoms with van der Waals surface area (Å²) in [7, 11) is 0. The van der Waals surface area contributed by atoms with Crippen LogP contribution >= 0.6 is 0 Å². The van der Waals surface area contributed by atoms with Crippen LogP contribution in [0.3, 0.4) is 0 Å². The topological polar surface area (TPSA) is 59.1 Å². The summed E-state index contributed by atoms with van der Waals surface area (Å²) < 4.78 is 11.4. The molecule has 0 radical (unpaired) electrons. The molecule has 0 aromatic rings. The quantitative estimate of drug-likeness (QED) is 0.319. The fourth-order valence-electron chi connectivity index (χ4n) is 4.16. The van der Waals surface area contributed by atoms with Gasteiger partial charge in [0.25, 0.3) is 0 Å². The molecule has 0 spiro atoms. The van der Waals surface area contributed by atoms with E-state index in [9.17, 15) is 9.90 Å². The van der Waals surface area contributed by atoms with Crippen LogP contribution in [-0.2, 0) is 14.3 Å². The molecule has 6 atom stereocenters. The van der Waals surface area contributed by atoms with Crippen LogP contribution in [0.2, 0.25) is 0 Å². The van der Waals surface area contributed by atoms with Gasteiger partial charge >= 0.3 is 5.97 Å². The molecule has 3 aliphatic rings. The third-order valence-electron chi connectivity index (χ3n) is 6.14. The minimum absolute atomic E-state index is 0.0958. The second-order valence-electron chi connectivity index (χ2n) is 8.11. The number of hydrogen-bond acceptors (Lipinski definition) is 4. The molecule has 2 fully saturated rings. The molecule has 2 saturated heterocycles. The summed E-state index contributed by atoms with van der Waals surface area (Å²) in [5.74, 6) is -0.402. The van der Waals surface area contributed by atoms with Gasteiger partial charge in [0.15, 0.2) is 0 Å². The number of aliphatic hydroxyl groups is 1. The number of rotatable bonds is 0. The molecular weight excluding hydrogens is 304 g/mol. The predicted octanol–water partition coefficient (Wildman–Crippen LogP) is 3.54. The lowest BCUT2D eigenvalue weighted by atomic mass is 9.82. The fourth-order valence-corrected chi connectivity index (χ4v) is 4.16. The van der Waals surface area contributed by atoms with Gasteiger partial charge in [0, 0.05) is 11.5 Å². The Labute approximate surface area is 144 Å². The van der Waals surface area contributed by atoms with Crippen LogP contribution in [0.25, 0.3) is 0 Å². The Morgan fingerprint density at radius 2 is 2.17 bits per heavy atom. The summed E-state index contributed by atoms with van der Waals surface area (Å²) in [4.78, 5) is 12.0. The first-order valence-corrected chi connectivity index (χ1v) is 9.23. The first-order valence-electron chi connectivity index (χ1n) is 9.23. The number of carbonyl (C=O) groups excluding carboxylic acids is 1. The highest BCUT2D eigenvalue weighted by molar-refractivity contribution is 5.90. The van der Waals surface area contributed by atoms with E-state index in [1.807, 2.05) is 6.92 Å². The van der Waals surface area contributed by atoms with E-state index in [0.29, 0.717) is 12.0 Å². The molecule has 2 aliphatic heterocycles. The Balaban J connectivity index is 1.79. The van der Waals surface area contributed by atoms with Crippen LogP contribution < -0.4 is 0 Å². The molecule has 2 heterocycles. The molecule has 4 nitrogen and oxygen atoms in total. The highest BCUT2D eigenvalue weighted by Crippen LogP contribution is 2.47. The van der Waals surface area contributed by atoms with Gasteiger partial charge in [0.2, 0.25) is 0 Å². The van der Waals surface area contributed by atoms with Crippen molar-refractivity contribution in [3.8, 4) is 0 Å². The van der Waals surface area contributed by atoms with Gasteiger partial charge in [0.1, 0.15) is 6.10 Å². The fraction of sp³-hybridized carbons (Fsp3) is 0.750. The van der Waals surface area contributed by atoms with Crippen molar-refractivity contribution < 1.29 is 19.4 Å². The summed E-state index contributed by atoms with van der Waals surface area (Å²) in [5.41, 5.74) is 1.79. The SMILES string of the molecule is C=C1C(=O)O[C@H]2[C@H](O)[C@@H](C)CCCC(C)=CCC[C@]3(C)O[C@@H]3C[C@@H]12. The second-order valence-corrected chi connectivity index (χ2v) is 8.11. The normalized spacial score (nSPS) is 44.0. The number of aliphatic hydroxyl groups excluding tert-OH is 1. The summed E-state index contributed by atoms with van der Waals surface area (Å²) in [6, 6.07) is 0. The van der Waals surface area contributed by atoms with Gasteiger partial charge < -0.3 is 14.6 Å². The standard InChI is InChI=1S/C20H30O4/c1-12-7-5-9-13(2)17(21)18-15(14(3)19(22)23-18)11-16-20(4,24-16)10-6-8-12/h8,13,15-18,21H,3,5-7,9-11H2,1-2,4H3/t13-,15-,16+,17+,18+,20-/m0/s1. The van der Waals surface area contributed by atoms with Crippen molar-refractivity contribution in [3.05, 3.63) is 23.8 Å². The molecule has 4 heteroatoms.